The van der Waals surface area contributed by atoms with Crippen LogP contribution in [-0.4, -0.2) is 38.9 Å². The van der Waals surface area contributed by atoms with E-state index in [0.717, 1.165) is 39.2 Å². The number of nitrogens with one attached hydrogen (secondary N) is 1. The molecule has 0 radical (unpaired) electrons. The number of thioether (sulfide) groups is 1. The van der Waals surface area contributed by atoms with Gasteiger partial charge in [-0.05, 0) is 60.4 Å². The third-order valence-electron chi connectivity index (χ3n) is 7.06. The maximum absolute atomic E-state index is 13.8. The molecule has 2 aromatic carbocycles. The second-order valence-corrected chi connectivity index (χ2v) is 12.3. The number of fused-ring (bicyclic) bond motifs is 1. The monoisotopic (exact) mass is 553 g/mol. The Bertz CT molecular complexity index is 1540. The molecule has 1 N–H and O–H groups in total. The fourth-order valence-electron chi connectivity index (χ4n) is 5.04. The minimum Gasteiger partial charge on any atom is -0.350 e. The van der Waals surface area contributed by atoms with Gasteiger partial charge in [-0.25, -0.2) is 4.68 Å². The molecule has 0 aliphatic carbocycles. The number of hydrogen-bond donors (Lipinski definition) is 1. The van der Waals surface area contributed by atoms with Crippen LogP contribution in [0.1, 0.15) is 59.5 Å². The molecule has 1 aliphatic rings. The Labute approximate surface area is 240 Å². The molecule has 5 rings (SSSR count). The molecule has 4 aromatic rings. The number of carbonyl (C=O) groups excluding carboxylic acids is 2. The van der Waals surface area contributed by atoms with Crippen LogP contribution in [0.15, 0.2) is 73.1 Å². The highest BCUT2D eigenvalue weighted by Crippen LogP contribution is 2.49. The Morgan fingerprint density at radius 1 is 1.05 bits per heavy atom. The quantitative estimate of drug-likeness (QED) is 0.333. The summed E-state index contributed by atoms with van der Waals surface area (Å²) in [4.78, 5) is 32.8. The van der Waals surface area contributed by atoms with E-state index in [4.69, 9.17) is 5.10 Å². The highest BCUT2D eigenvalue weighted by Gasteiger charge is 2.40. The first-order chi connectivity index (χ1) is 19.1. The van der Waals surface area contributed by atoms with E-state index in [-0.39, 0.29) is 34.8 Å². The maximum Gasteiger partial charge on any atom is 0.240 e. The normalized spacial score (nSPS) is 15.5. The van der Waals surface area contributed by atoms with Crippen LogP contribution in [0.5, 0.6) is 0 Å². The summed E-state index contributed by atoms with van der Waals surface area (Å²) in [6.45, 7) is 10.9. The second-order valence-electron chi connectivity index (χ2n) is 11.2. The van der Waals surface area contributed by atoms with Crippen molar-refractivity contribution in [2.24, 2.45) is 0 Å². The summed E-state index contributed by atoms with van der Waals surface area (Å²) in [6.07, 6.45) is 3.40. The summed E-state index contributed by atoms with van der Waals surface area (Å²) >= 11 is 1.60. The fraction of sp³-hybridized carbons (Fsp3) is 0.312. The minimum atomic E-state index is -0.302. The van der Waals surface area contributed by atoms with Crippen molar-refractivity contribution in [1.29, 1.82) is 0 Å². The van der Waals surface area contributed by atoms with Crippen LogP contribution in [0.3, 0.4) is 0 Å². The largest absolute Gasteiger partial charge is 0.350 e. The first-order valence-electron chi connectivity index (χ1n) is 13.5. The summed E-state index contributed by atoms with van der Waals surface area (Å²) in [6, 6.07) is 20.1. The Kier molecular flexibility index (Phi) is 7.81. The van der Waals surface area contributed by atoms with Crippen LogP contribution in [0.4, 0.5) is 5.82 Å². The number of pyridine rings is 1. The van der Waals surface area contributed by atoms with Crippen molar-refractivity contribution >= 4 is 29.4 Å². The number of aryl methyl sites for hydroxylation is 2. The zero-order chi connectivity index (χ0) is 28.4. The molecular weight excluding hydrogens is 518 g/mol. The molecule has 7 nitrogen and oxygen atoms in total. The number of carbonyl (C=O) groups is 2. The molecule has 2 aromatic heterocycles. The van der Waals surface area contributed by atoms with E-state index in [1.165, 1.54) is 0 Å². The van der Waals surface area contributed by atoms with Gasteiger partial charge < -0.3 is 5.32 Å². The molecular formula is C32H35N5O2S. The van der Waals surface area contributed by atoms with E-state index in [9.17, 15) is 9.59 Å². The Hall–Kier alpha value is -3.91. The van der Waals surface area contributed by atoms with Crippen molar-refractivity contribution < 1.29 is 9.59 Å². The number of aromatic nitrogens is 3. The number of rotatable bonds is 6. The van der Waals surface area contributed by atoms with E-state index in [2.05, 4.69) is 56.2 Å². The molecule has 0 saturated heterocycles. The maximum atomic E-state index is 13.8. The highest BCUT2D eigenvalue weighted by atomic mass is 32.2. The summed E-state index contributed by atoms with van der Waals surface area (Å²) in [7, 11) is 0. The van der Waals surface area contributed by atoms with Gasteiger partial charge in [0.05, 0.1) is 22.4 Å². The van der Waals surface area contributed by atoms with Crippen molar-refractivity contribution in [1.82, 2.24) is 20.1 Å². The Balaban J connectivity index is 1.67. The van der Waals surface area contributed by atoms with Gasteiger partial charge in [-0.1, -0.05) is 57.2 Å². The molecule has 206 valence electrons. The van der Waals surface area contributed by atoms with Gasteiger partial charge in [-0.2, -0.15) is 5.10 Å². The van der Waals surface area contributed by atoms with Crippen LogP contribution in [0.2, 0.25) is 0 Å². The highest BCUT2D eigenvalue weighted by molar-refractivity contribution is 8.00. The lowest BCUT2D eigenvalue weighted by molar-refractivity contribution is -0.123. The minimum absolute atomic E-state index is 0.0982. The standard InChI is InChI=1S/C32H35N5O2S/c1-21-9-8-11-24(17-21)37-31-28(30(35-37)32(3,4)5)29(25-12-7-6-10-22(25)2)40-20-27(39)36(31)19-26(38)34-18-23-13-15-33-16-14-23/h6-17,29H,18-20H2,1-5H3,(H,34,38). The zero-order valence-electron chi connectivity index (χ0n) is 23.6. The number of anilines is 1. The van der Waals surface area contributed by atoms with Gasteiger partial charge in [0.25, 0.3) is 0 Å². The predicted octanol–water partition coefficient (Wildman–Crippen LogP) is 5.67. The van der Waals surface area contributed by atoms with Gasteiger partial charge in [-0.3, -0.25) is 19.5 Å². The first-order valence-corrected chi connectivity index (χ1v) is 14.5. The number of amides is 2. The van der Waals surface area contributed by atoms with Crippen molar-refractivity contribution in [3.05, 3.63) is 107 Å². The van der Waals surface area contributed by atoms with Gasteiger partial charge in [0.15, 0.2) is 0 Å². The summed E-state index contributed by atoms with van der Waals surface area (Å²) in [5, 5.41) is 8.04. The average molecular weight is 554 g/mol. The number of nitrogens with zero attached hydrogens (tertiary/aromatic N) is 4. The lowest BCUT2D eigenvalue weighted by Crippen LogP contribution is -2.42. The Morgan fingerprint density at radius 3 is 2.50 bits per heavy atom. The molecule has 0 bridgehead atoms. The van der Waals surface area contributed by atoms with Gasteiger partial charge >= 0.3 is 0 Å². The van der Waals surface area contributed by atoms with E-state index < -0.39 is 0 Å². The van der Waals surface area contributed by atoms with Crippen LogP contribution in [0.25, 0.3) is 5.69 Å². The van der Waals surface area contributed by atoms with E-state index >= 15 is 0 Å². The SMILES string of the molecule is Cc1cccc(-n2nc(C(C)(C)C)c3c2N(CC(=O)NCc2ccncc2)C(=O)CSC3c2ccccc2C)c1. The third kappa shape index (κ3) is 5.68. The molecule has 0 saturated carbocycles. The third-order valence-corrected chi connectivity index (χ3v) is 8.29. The summed E-state index contributed by atoms with van der Waals surface area (Å²) in [5.74, 6) is 0.571. The zero-order valence-corrected chi connectivity index (χ0v) is 24.5. The van der Waals surface area contributed by atoms with Crippen LogP contribution in [0, 0.1) is 13.8 Å². The van der Waals surface area contributed by atoms with Crippen LogP contribution in [-0.2, 0) is 21.5 Å². The predicted molar refractivity (Wildman–Crippen MR) is 161 cm³/mol. The number of hydrogen-bond acceptors (Lipinski definition) is 5. The van der Waals surface area contributed by atoms with Crippen molar-refractivity contribution in [2.45, 2.75) is 51.8 Å². The molecule has 1 unspecified atom stereocenters. The van der Waals surface area contributed by atoms with Gasteiger partial charge in [0.2, 0.25) is 11.8 Å². The van der Waals surface area contributed by atoms with Gasteiger partial charge in [0.1, 0.15) is 12.4 Å². The molecule has 0 spiro atoms. The van der Waals surface area contributed by atoms with Crippen LogP contribution >= 0.6 is 11.8 Å². The van der Waals surface area contributed by atoms with Crippen molar-refractivity contribution in [3.63, 3.8) is 0 Å². The van der Waals surface area contributed by atoms with Crippen molar-refractivity contribution in [3.8, 4) is 5.69 Å². The second kappa shape index (κ2) is 11.3. The van der Waals surface area contributed by atoms with E-state index in [0.29, 0.717) is 12.4 Å². The Morgan fingerprint density at radius 2 is 1.80 bits per heavy atom. The molecule has 3 heterocycles. The van der Waals surface area contributed by atoms with Crippen molar-refractivity contribution in [2.75, 3.05) is 17.2 Å². The molecule has 2 amide bonds. The number of benzene rings is 2. The molecule has 0 fully saturated rings. The molecule has 1 aliphatic heterocycles. The molecule has 1 atom stereocenters. The van der Waals surface area contributed by atoms with Crippen LogP contribution < -0.4 is 10.2 Å². The fourth-order valence-corrected chi connectivity index (χ4v) is 6.33. The first kappa shape index (κ1) is 27.6. The van der Waals surface area contributed by atoms with Gasteiger partial charge in [0, 0.05) is 29.9 Å². The van der Waals surface area contributed by atoms with E-state index in [1.807, 2.05) is 54.1 Å². The smallest absolute Gasteiger partial charge is 0.240 e. The lowest BCUT2D eigenvalue weighted by Gasteiger charge is -2.25. The average Bonchev–Trinajstić information content (AvgIpc) is 3.27. The van der Waals surface area contributed by atoms with E-state index in [1.54, 1.807) is 29.1 Å². The lowest BCUT2D eigenvalue weighted by atomic mass is 9.86. The summed E-state index contributed by atoms with van der Waals surface area (Å²) < 4.78 is 1.87. The molecule has 8 heteroatoms. The molecule has 40 heavy (non-hydrogen) atoms. The summed E-state index contributed by atoms with van der Waals surface area (Å²) in [5.41, 5.74) is 6.81. The van der Waals surface area contributed by atoms with Gasteiger partial charge in [-0.15, -0.1) is 11.8 Å². The topological polar surface area (TPSA) is 80.1 Å².